The van der Waals surface area contributed by atoms with E-state index in [9.17, 15) is 4.79 Å². The van der Waals surface area contributed by atoms with Gasteiger partial charge in [-0.05, 0) is 63.2 Å². The van der Waals surface area contributed by atoms with E-state index < -0.39 is 0 Å². The summed E-state index contributed by atoms with van der Waals surface area (Å²) in [5, 5.41) is 0. The van der Waals surface area contributed by atoms with E-state index >= 15 is 0 Å². The van der Waals surface area contributed by atoms with E-state index in [1.807, 2.05) is 6.92 Å². The topological polar surface area (TPSA) is 44.8 Å². The van der Waals surface area contributed by atoms with Crippen molar-refractivity contribution in [3.05, 3.63) is 12.2 Å². The summed E-state index contributed by atoms with van der Waals surface area (Å²) in [5.41, 5.74) is 0.184. The fourth-order valence-electron chi connectivity index (χ4n) is 5.13. The number of hydrogen-bond donors (Lipinski definition) is 0. The van der Waals surface area contributed by atoms with Crippen LogP contribution in [0.2, 0.25) is 0 Å². The Balaban J connectivity index is 1.76. The molecule has 4 nitrogen and oxygen atoms in total. The van der Waals surface area contributed by atoms with Crippen molar-refractivity contribution in [2.24, 2.45) is 17.3 Å². The predicted octanol–water partition coefficient (Wildman–Crippen LogP) is 5.44. The van der Waals surface area contributed by atoms with Gasteiger partial charge < -0.3 is 14.2 Å². The highest BCUT2D eigenvalue weighted by Crippen LogP contribution is 2.39. The van der Waals surface area contributed by atoms with E-state index in [1.165, 1.54) is 6.42 Å². The third kappa shape index (κ3) is 6.32. The molecular formula is C24H40O4. The lowest BCUT2D eigenvalue weighted by Crippen LogP contribution is -2.42. The molecule has 3 rings (SSSR count). The van der Waals surface area contributed by atoms with Crippen LogP contribution in [-0.2, 0) is 19.0 Å². The lowest BCUT2D eigenvalue weighted by atomic mass is 9.77. The Bertz CT molecular complexity index is 555. The molecule has 3 heterocycles. The zero-order valence-corrected chi connectivity index (χ0v) is 18.5. The number of cyclic esters (lactones) is 1. The van der Waals surface area contributed by atoms with Gasteiger partial charge in [0.05, 0.1) is 30.8 Å². The summed E-state index contributed by atoms with van der Waals surface area (Å²) in [4.78, 5) is 12.5. The average molecular weight is 393 g/mol. The van der Waals surface area contributed by atoms with Crippen molar-refractivity contribution in [2.45, 2.75) is 117 Å². The summed E-state index contributed by atoms with van der Waals surface area (Å²) in [6.45, 7) is 11.0. The van der Waals surface area contributed by atoms with Gasteiger partial charge in [0.2, 0.25) is 0 Å². The Labute approximate surface area is 171 Å². The van der Waals surface area contributed by atoms with Gasteiger partial charge in [0.15, 0.2) is 0 Å². The van der Waals surface area contributed by atoms with Gasteiger partial charge in [-0.2, -0.15) is 0 Å². The van der Waals surface area contributed by atoms with Crippen molar-refractivity contribution in [2.75, 3.05) is 0 Å². The molecule has 28 heavy (non-hydrogen) atoms. The Morgan fingerprint density at radius 3 is 2.29 bits per heavy atom. The molecule has 0 saturated carbocycles. The highest BCUT2D eigenvalue weighted by Gasteiger charge is 2.38. The van der Waals surface area contributed by atoms with Gasteiger partial charge in [-0.1, -0.05) is 39.8 Å². The first kappa shape index (κ1) is 21.8. The number of hydrogen-bond acceptors (Lipinski definition) is 4. The molecule has 160 valence electrons. The Morgan fingerprint density at radius 1 is 0.893 bits per heavy atom. The quantitative estimate of drug-likeness (QED) is 0.407. The van der Waals surface area contributed by atoms with Crippen molar-refractivity contribution in [1.82, 2.24) is 0 Å². The first-order chi connectivity index (χ1) is 13.2. The summed E-state index contributed by atoms with van der Waals surface area (Å²) in [7, 11) is 0. The molecule has 3 aliphatic rings. The summed E-state index contributed by atoms with van der Waals surface area (Å²) in [6, 6.07) is 0. The highest BCUT2D eigenvalue weighted by atomic mass is 16.5. The Hall–Kier alpha value is -0.870. The minimum absolute atomic E-state index is 0.0494. The van der Waals surface area contributed by atoms with Gasteiger partial charge in [0.25, 0.3) is 0 Å². The minimum atomic E-state index is -0.136. The second kappa shape index (κ2) is 9.30. The van der Waals surface area contributed by atoms with E-state index in [0.29, 0.717) is 18.4 Å². The summed E-state index contributed by atoms with van der Waals surface area (Å²) in [6.07, 6.45) is 13.0. The van der Waals surface area contributed by atoms with E-state index in [1.54, 1.807) is 0 Å². The summed E-state index contributed by atoms with van der Waals surface area (Å²) < 4.78 is 18.6. The molecule has 0 radical (unpaired) electrons. The van der Waals surface area contributed by atoms with Crippen molar-refractivity contribution in [1.29, 1.82) is 0 Å². The van der Waals surface area contributed by atoms with Gasteiger partial charge >= 0.3 is 5.97 Å². The second-order valence-electron chi connectivity index (χ2n) is 10.4. The van der Waals surface area contributed by atoms with E-state index in [4.69, 9.17) is 14.2 Å². The first-order valence-electron chi connectivity index (χ1n) is 11.4. The molecule has 2 fully saturated rings. The van der Waals surface area contributed by atoms with Crippen LogP contribution < -0.4 is 0 Å². The normalized spacial score (nSPS) is 43.8. The Kier molecular flexibility index (Phi) is 7.25. The molecule has 4 heteroatoms. The monoisotopic (exact) mass is 392 g/mol. The van der Waals surface area contributed by atoms with Crippen LogP contribution >= 0.6 is 0 Å². The highest BCUT2D eigenvalue weighted by molar-refractivity contribution is 5.70. The van der Waals surface area contributed by atoms with Crippen LogP contribution in [0.1, 0.15) is 86.0 Å². The van der Waals surface area contributed by atoms with E-state index in [0.717, 1.165) is 38.5 Å². The lowest BCUT2D eigenvalue weighted by Gasteiger charge is -2.42. The maximum absolute atomic E-state index is 12.5. The molecule has 7 atom stereocenters. The summed E-state index contributed by atoms with van der Waals surface area (Å²) in [5.74, 6) is 0.537. The molecule has 0 aromatic rings. The second-order valence-corrected chi connectivity index (χ2v) is 10.4. The third-order valence-electron chi connectivity index (χ3n) is 6.74. The van der Waals surface area contributed by atoms with E-state index in [2.05, 4.69) is 39.8 Å². The van der Waals surface area contributed by atoms with Gasteiger partial charge in [0.1, 0.15) is 6.10 Å². The average Bonchev–Trinajstić information content (AvgIpc) is 2.57. The zero-order chi connectivity index (χ0) is 20.3. The lowest BCUT2D eigenvalue weighted by molar-refractivity contribution is -0.162. The first-order valence-corrected chi connectivity index (χ1v) is 11.4. The van der Waals surface area contributed by atoms with Gasteiger partial charge in [-0.3, -0.25) is 4.79 Å². The Morgan fingerprint density at radius 2 is 1.54 bits per heavy atom. The predicted molar refractivity (Wildman–Crippen MR) is 111 cm³/mol. The van der Waals surface area contributed by atoms with Crippen LogP contribution in [0, 0.1) is 17.3 Å². The smallest absolute Gasteiger partial charge is 0.308 e. The molecule has 0 spiro atoms. The van der Waals surface area contributed by atoms with Crippen LogP contribution in [0.15, 0.2) is 12.2 Å². The van der Waals surface area contributed by atoms with Gasteiger partial charge in [-0.15, -0.1) is 0 Å². The van der Waals surface area contributed by atoms with Gasteiger partial charge in [-0.25, -0.2) is 0 Å². The number of ether oxygens (including phenoxy) is 3. The molecule has 4 bridgehead atoms. The maximum Gasteiger partial charge on any atom is 0.308 e. The molecule has 3 aliphatic heterocycles. The molecule has 2 saturated heterocycles. The fraction of sp³-hybridized carbons (Fsp3) is 0.875. The van der Waals surface area contributed by atoms with Crippen LogP contribution in [0.5, 0.6) is 0 Å². The number of allylic oxidation sites excluding steroid dienone is 1. The molecule has 0 amide bonds. The molecule has 0 aliphatic carbocycles. The number of esters is 1. The molecular weight excluding hydrogens is 352 g/mol. The van der Waals surface area contributed by atoms with Crippen molar-refractivity contribution >= 4 is 5.97 Å². The van der Waals surface area contributed by atoms with Gasteiger partial charge in [0, 0.05) is 5.92 Å². The van der Waals surface area contributed by atoms with Crippen molar-refractivity contribution < 1.29 is 19.0 Å². The summed E-state index contributed by atoms with van der Waals surface area (Å²) >= 11 is 0. The van der Waals surface area contributed by atoms with Crippen LogP contribution in [0.3, 0.4) is 0 Å². The maximum atomic E-state index is 12.5. The van der Waals surface area contributed by atoms with Crippen molar-refractivity contribution in [3.8, 4) is 0 Å². The largest absolute Gasteiger partial charge is 0.462 e. The SMILES string of the molecule is CC1OC(=O)CC2CC(C)(C)C[C@H](CC3CCC[C@H](C[C@@H](C)/C=C/[C@@H]1C)O3)O2. The number of carbonyl (C=O) groups is 1. The number of fused-ring (bicyclic) bond motifs is 4. The van der Waals surface area contributed by atoms with Crippen molar-refractivity contribution in [3.63, 3.8) is 0 Å². The molecule has 0 aromatic heterocycles. The van der Waals surface area contributed by atoms with Crippen LogP contribution in [-0.4, -0.2) is 36.5 Å². The molecule has 3 unspecified atom stereocenters. The molecule has 0 aromatic carbocycles. The number of rotatable bonds is 0. The van der Waals surface area contributed by atoms with Crippen LogP contribution in [0.25, 0.3) is 0 Å². The molecule has 0 N–H and O–H groups in total. The fourth-order valence-corrected chi connectivity index (χ4v) is 5.13. The minimum Gasteiger partial charge on any atom is -0.462 e. The zero-order valence-electron chi connectivity index (χ0n) is 18.5. The standard InChI is InChI=1S/C24H40O4/c1-16-9-10-17(2)18(3)26-23(25)13-22-15-24(4,5)14-21(28-22)12-20-8-6-7-19(11-16)27-20/h9-10,16-22H,6-8,11-15H2,1-5H3/b10-9+/t16-,17-,18?,19+,20?,21-,22?/m0/s1. The third-order valence-corrected chi connectivity index (χ3v) is 6.74. The number of carbonyl (C=O) groups excluding carboxylic acids is 1. The van der Waals surface area contributed by atoms with Crippen LogP contribution in [0.4, 0.5) is 0 Å². The van der Waals surface area contributed by atoms with E-state index in [-0.39, 0.29) is 41.7 Å².